The van der Waals surface area contributed by atoms with Gasteiger partial charge >= 0.3 is 0 Å². The Morgan fingerprint density at radius 3 is 2.89 bits per heavy atom. The highest BCUT2D eigenvalue weighted by atomic mass is 16.2. The van der Waals surface area contributed by atoms with E-state index in [1.807, 2.05) is 7.05 Å². The van der Waals surface area contributed by atoms with Crippen LogP contribution in [-0.2, 0) is 0 Å². The average Bonchev–Trinajstić information content (AvgIpc) is 2.98. The van der Waals surface area contributed by atoms with Gasteiger partial charge in [-0.25, -0.2) is 4.98 Å². The molecule has 2 fully saturated rings. The smallest absolute Gasteiger partial charge is 0.293 e. The van der Waals surface area contributed by atoms with Gasteiger partial charge in [0.05, 0.1) is 0 Å². The molecular weight excluding hydrogens is 242 g/mol. The number of nitrogens with zero attached hydrogens (tertiary/aromatic N) is 3. The number of nitrogens with one attached hydrogen (secondary N) is 1. The third-order valence-electron chi connectivity index (χ3n) is 4.40. The van der Waals surface area contributed by atoms with E-state index in [4.69, 9.17) is 5.73 Å². The van der Waals surface area contributed by atoms with Crippen LogP contribution < -0.4 is 5.73 Å². The molecular formula is C13H21N5O. The summed E-state index contributed by atoms with van der Waals surface area (Å²) >= 11 is 0. The van der Waals surface area contributed by atoms with Crippen LogP contribution in [0.25, 0.3) is 0 Å². The Morgan fingerprint density at radius 1 is 1.42 bits per heavy atom. The van der Waals surface area contributed by atoms with Crippen molar-refractivity contribution in [1.29, 1.82) is 0 Å². The predicted octanol–water partition coefficient (Wildman–Crippen LogP) is 0.881. The van der Waals surface area contributed by atoms with Gasteiger partial charge in [0.2, 0.25) is 5.82 Å². The van der Waals surface area contributed by atoms with Gasteiger partial charge in [-0.05, 0) is 38.1 Å². The summed E-state index contributed by atoms with van der Waals surface area (Å²) in [6, 6.07) is 0.236. The van der Waals surface area contributed by atoms with E-state index in [9.17, 15) is 4.79 Å². The maximum atomic E-state index is 12.4. The Labute approximate surface area is 112 Å². The van der Waals surface area contributed by atoms with Crippen LogP contribution in [0.4, 0.5) is 0 Å². The molecule has 2 atom stereocenters. The molecule has 19 heavy (non-hydrogen) atoms. The number of amides is 1. The monoisotopic (exact) mass is 263 g/mol. The van der Waals surface area contributed by atoms with Gasteiger partial charge in [-0.2, -0.15) is 0 Å². The van der Waals surface area contributed by atoms with Gasteiger partial charge in [0.1, 0.15) is 5.82 Å². The van der Waals surface area contributed by atoms with Crippen molar-refractivity contribution in [3.63, 3.8) is 0 Å². The Balaban J connectivity index is 1.71. The quantitative estimate of drug-likeness (QED) is 0.844. The van der Waals surface area contributed by atoms with Crippen molar-refractivity contribution >= 4 is 5.91 Å². The minimum Gasteiger partial charge on any atom is -0.336 e. The topological polar surface area (TPSA) is 87.9 Å². The maximum Gasteiger partial charge on any atom is 0.293 e. The standard InChI is InChI=1S/C13H21N5O/c1-18(10-4-2-3-9(10)7-14)13(19)12-15-11(16-17-12)8-5-6-8/h8-10H,2-7,14H2,1H3,(H,15,16,17). The molecule has 1 aromatic heterocycles. The summed E-state index contributed by atoms with van der Waals surface area (Å²) in [5.74, 6) is 1.97. The summed E-state index contributed by atoms with van der Waals surface area (Å²) in [4.78, 5) is 18.5. The summed E-state index contributed by atoms with van der Waals surface area (Å²) in [5.41, 5.74) is 5.78. The van der Waals surface area contributed by atoms with Crippen molar-refractivity contribution < 1.29 is 4.79 Å². The van der Waals surface area contributed by atoms with Crippen LogP contribution in [0, 0.1) is 5.92 Å². The van der Waals surface area contributed by atoms with Crippen molar-refractivity contribution in [1.82, 2.24) is 20.1 Å². The molecule has 0 aromatic carbocycles. The molecule has 2 unspecified atom stereocenters. The van der Waals surface area contributed by atoms with Gasteiger partial charge < -0.3 is 10.6 Å². The summed E-state index contributed by atoms with van der Waals surface area (Å²) in [6.45, 7) is 0.642. The lowest BCUT2D eigenvalue weighted by atomic mass is 10.0. The van der Waals surface area contributed by atoms with Gasteiger partial charge in [-0.15, -0.1) is 5.10 Å². The molecule has 104 valence electrons. The SMILES string of the molecule is CN(C(=O)c1n[nH]c(C2CC2)n1)C1CCCC1CN. The number of carbonyl (C=O) groups is 1. The second-order valence-electron chi connectivity index (χ2n) is 5.73. The highest BCUT2D eigenvalue weighted by molar-refractivity contribution is 5.90. The zero-order valence-corrected chi connectivity index (χ0v) is 11.3. The first-order valence-corrected chi connectivity index (χ1v) is 7.10. The van der Waals surface area contributed by atoms with E-state index in [1.54, 1.807) is 4.90 Å². The van der Waals surface area contributed by atoms with E-state index < -0.39 is 0 Å². The molecule has 2 aliphatic rings. The normalized spacial score (nSPS) is 26.6. The number of carbonyl (C=O) groups excluding carboxylic acids is 1. The Bertz CT molecular complexity index is 467. The number of aromatic amines is 1. The molecule has 2 saturated carbocycles. The fourth-order valence-electron chi connectivity index (χ4n) is 3.02. The van der Waals surface area contributed by atoms with Crippen molar-refractivity contribution in [2.45, 2.75) is 44.1 Å². The first-order chi connectivity index (χ1) is 9.20. The summed E-state index contributed by atoms with van der Waals surface area (Å²) < 4.78 is 0. The lowest BCUT2D eigenvalue weighted by Gasteiger charge is -2.28. The van der Waals surface area contributed by atoms with Crippen LogP contribution in [0.3, 0.4) is 0 Å². The van der Waals surface area contributed by atoms with E-state index in [1.165, 1.54) is 0 Å². The van der Waals surface area contributed by atoms with Crippen LogP contribution in [0.5, 0.6) is 0 Å². The molecule has 0 bridgehead atoms. The molecule has 0 radical (unpaired) electrons. The van der Waals surface area contributed by atoms with Crippen molar-refractivity contribution in [3.05, 3.63) is 11.6 Å². The third-order valence-corrected chi connectivity index (χ3v) is 4.40. The number of hydrogen-bond acceptors (Lipinski definition) is 4. The Kier molecular flexibility index (Phi) is 3.26. The van der Waals surface area contributed by atoms with Crippen LogP contribution in [0.1, 0.15) is 54.5 Å². The van der Waals surface area contributed by atoms with E-state index in [2.05, 4.69) is 15.2 Å². The minimum atomic E-state index is -0.0894. The molecule has 3 rings (SSSR count). The summed E-state index contributed by atoms with van der Waals surface area (Å²) in [7, 11) is 1.84. The zero-order valence-electron chi connectivity index (χ0n) is 11.3. The minimum absolute atomic E-state index is 0.0894. The molecule has 1 aromatic rings. The highest BCUT2D eigenvalue weighted by Crippen LogP contribution is 2.37. The van der Waals surface area contributed by atoms with Crippen LogP contribution in [0.15, 0.2) is 0 Å². The molecule has 0 aliphatic heterocycles. The fraction of sp³-hybridized carbons (Fsp3) is 0.769. The lowest BCUT2D eigenvalue weighted by molar-refractivity contribution is 0.0688. The number of aromatic nitrogens is 3. The van der Waals surface area contributed by atoms with Gasteiger partial charge in [0.15, 0.2) is 0 Å². The number of nitrogens with two attached hydrogens (primary N) is 1. The summed E-state index contributed by atoms with van der Waals surface area (Å²) in [6.07, 6.45) is 5.59. The van der Waals surface area contributed by atoms with E-state index in [0.29, 0.717) is 24.2 Å². The van der Waals surface area contributed by atoms with Gasteiger partial charge in [-0.3, -0.25) is 9.89 Å². The molecule has 6 nitrogen and oxygen atoms in total. The largest absolute Gasteiger partial charge is 0.336 e. The Hall–Kier alpha value is -1.43. The predicted molar refractivity (Wildman–Crippen MR) is 70.6 cm³/mol. The first-order valence-electron chi connectivity index (χ1n) is 7.10. The van der Waals surface area contributed by atoms with Crippen LogP contribution in [0.2, 0.25) is 0 Å². The van der Waals surface area contributed by atoms with E-state index >= 15 is 0 Å². The van der Waals surface area contributed by atoms with Crippen LogP contribution >= 0.6 is 0 Å². The molecule has 3 N–H and O–H groups in total. The van der Waals surface area contributed by atoms with Gasteiger partial charge in [0, 0.05) is 19.0 Å². The van der Waals surface area contributed by atoms with E-state index in [-0.39, 0.29) is 11.9 Å². The van der Waals surface area contributed by atoms with Crippen molar-refractivity contribution in [2.75, 3.05) is 13.6 Å². The summed E-state index contributed by atoms with van der Waals surface area (Å²) in [5, 5.41) is 6.95. The van der Waals surface area contributed by atoms with Crippen molar-refractivity contribution in [2.24, 2.45) is 11.7 Å². The highest BCUT2D eigenvalue weighted by Gasteiger charge is 2.34. The van der Waals surface area contributed by atoms with Crippen LogP contribution in [-0.4, -0.2) is 45.6 Å². The molecule has 0 saturated heterocycles. The Morgan fingerprint density at radius 2 is 2.21 bits per heavy atom. The zero-order chi connectivity index (χ0) is 13.4. The first kappa shape index (κ1) is 12.6. The van der Waals surface area contributed by atoms with Crippen molar-refractivity contribution in [3.8, 4) is 0 Å². The number of H-pyrrole nitrogens is 1. The second kappa shape index (κ2) is 4.92. The van der Waals surface area contributed by atoms with Gasteiger partial charge in [-0.1, -0.05) is 6.42 Å². The molecule has 1 heterocycles. The van der Waals surface area contributed by atoms with E-state index in [0.717, 1.165) is 37.9 Å². The third kappa shape index (κ3) is 2.36. The molecule has 1 amide bonds. The maximum absolute atomic E-state index is 12.4. The fourth-order valence-corrected chi connectivity index (χ4v) is 3.02. The number of hydrogen-bond donors (Lipinski definition) is 2. The van der Waals surface area contributed by atoms with Gasteiger partial charge in [0.25, 0.3) is 5.91 Å². The average molecular weight is 263 g/mol. The molecule has 2 aliphatic carbocycles. The molecule has 6 heteroatoms. The second-order valence-corrected chi connectivity index (χ2v) is 5.73. The number of rotatable bonds is 4. The molecule has 0 spiro atoms. The lowest BCUT2D eigenvalue weighted by Crippen LogP contribution is -2.41.